The Kier molecular flexibility index (Phi) is 5.60. The van der Waals surface area contributed by atoms with E-state index in [1.807, 2.05) is 6.20 Å². The smallest absolute Gasteiger partial charge is 0.177 e. The highest BCUT2D eigenvalue weighted by Crippen LogP contribution is 2.28. The first-order valence-electron chi connectivity index (χ1n) is 7.63. The summed E-state index contributed by atoms with van der Waals surface area (Å²) in [5.41, 5.74) is 2.45. The van der Waals surface area contributed by atoms with Crippen LogP contribution < -0.4 is 0 Å². The van der Waals surface area contributed by atoms with Crippen molar-refractivity contribution in [2.24, 2.45) is 0 Å². The Bertz CT molecular complexity index is 568. The maximum absolute atomic E-state index is 5.52. The van der Waals surface area contributed by atoms with Gasteiger partial charge in [-0.3, -0.25) is 0 Å². The van der Waals surface area contributed by atoms with Gasteiger partial charge in [-0.1, -0.05) is 63.4 Å². The Morgan fingerprint density at radius 1 is 1.10 bits per heavy atom. The first-order valence-corrected chi connectivity index (χ1v) is 8.04. The molecule has 20 heavy (non-hydrogen) atoms. The van der Waals surface area contributed by atoms with Gasteiger partial charge in [-0.05, 0) is 30.6 Å². The van der Waals surface area contributed by atoms with Gasteiger partial charge in [0.25, 0.3) is 0 Å². The Labute approximate surface area is 126 Å². The SMILES string of the molecule is CCCCC(CCC)n1c(-c2ccccc2)c[nH]c1=S. The number of imidazole rings is 1. The van der Waals surface area contributed by atoms with Crippen LogP contribution in [0.5, 0.6) is 0 Å². The molecule has 0 aliphatic heterocycles. The molecule has 0 saturated heterocycles. The summed E-state index contributed by atoms with van der Waals surface area (Å²) in [7, 11) is 0. The number of rotatable bonds is 7. The fraction of sp³-hybridized carbons (Fsp3) is 0.471. The van der Waals surface area contributed by atoms with Crippen LogP contribution in [-0.2, 0) is 0 Å². The minimum Gasteiger partial charge on any atom is -0.337 e. The van der Waals surface area contributed by atoms with Gasteiger partial charge in [0, 0.05) is 12.2 Å². The molecule has 108 valence electrons. The van der Waals surface area contributed by atoms with E-state index < -0.39 is 0 Å². The zero-order chi connectivity index (χ0) is 14.4. The van der Waals surface area contributed by atoms with Crippen molar-refractivity contribution in [3.63, 3.8) is 0 Å². The fourth-order valence-electron chi connectivity index (χ4n) is 2.75. The lowest BCUT2D eigenvalue weighted by Gasteiger charge is -2.20. The van der Waals surface area contributed by atoms with E-state index in [4.69, 9.17) is 12.2 Å². The summed E-state index contributed by atoms with van der Waals surface area (Å²) in [6, 6.07) is 11.0. The predicted octanol–water partition coefficient (Wildman–Crippen LogP) is 5.74. The second kappa shape index (κ2) is 7.44. The second-order valence-electron chi connectivity index (χ2n) is 5.30. The lowest BCUT2D eigenvalue weighted by Crippen LogP contribution is -2.10. The number of unbranched alkanes of at least 4 members (excludes halogenated alkanes) is 1. The van der Waals surface area contributed by atoms with Crippen LogP contribution in [0.3, 0.4) is 0 Å². The van der Waals surface area contributed by atoms with Crippen molar-refractivity contribution in [3.8, 4) is 11.3 Å². The fourth-order valence-corrected chi connectivity index (χ4v) is 3.05. The van der Waals surface area contributed by atoms with E-state index in [9.17, 15) is 0 Å². The first kappa shape index (κ1) is 15.0. The molecule has 1 atom stereocenters. The highest BCUT2D eigenvalue weighted by molar-refractivity contribution is 7.71. The molecule has 1 unspecified atom stereocenters. The van der Waals surface area contributed by atoms with Gasteiger partial charge in [0.05, 0.1) is 5.69 Å². The Morgan fingerprint density at radius 3 is 2.50 bits per heavy atom. The number of hydrogen-bond acceptors (Lipinski definition) is 1. The van der Waals surface area contributed by atoms with Crippen LogP contribution in [0.25, 0.3) is 11.3 Å². The molecular weight excluding hydrogens is 264 g/mol. The summed E-state index contributed by atoms with van der Waals surface area (Å²) in [6.07, 6.45) is 8.12. The maximum atomic E-state index is 5.52. The van der Waals surface area contributed by atoms with E-state index >= 15 is 0 Å². The van der Waals surface area contributed by atoms with Crippen LogP contribution in [-0.4, -0.2) is 9.55 Å². The standard InChI is InChI=1S/C17H24N2S/c1-3-5-12-15(9-4-2)19-16(13-18-17(19)20)14-10-7-6-8-11-14/h6-8,10-11,13,15H,3-5,9,12H2,1-2H3,(H,18,20). The highest BCUT2D eigenvalue weighted by Gasteiger charge is 2.15. The average molecular weight is 288 g/mol. The summed E-state index contributed by atoms with van der Waals surface area (Å²) < 4.78 is 3.17. The quantitative estimate of drug-likeness (QED) is 0.644. The zero-order valence-corrected chi connectivity index (χ0v) is 13.2. The Balaban J connectivity index is 2.39. The molecule has 2 nitrogen and oxygen atoms in total. The summed E-state index contributed by atoms with van der Waals surface area (Å²) in [6.45, 7) is 4.49. The number of nitrogens with one attached hydrogen (secondary N) is 1. The van der Waals surface area contributed by atoms with Crippen LogP contribution in [0, 0.1) is 4.77 Å². The Morgan fingerprint density at radius 2 is 1.85 bits per heavy atom. The minimum atomic E-state index is 0.508. The van der Waals surface area contributed by atoms with Gasteiger partial charge >= 0.3 is 0 Å². The van der Waals surface area contributed by atoms with Crippen LogP contribution >= 0.6 is 12.2 Å². The largest absolute Gasteiger partial charge is 0.337 e. The number of hydrogen-bond donors (Lipinski definition) is 1. The van der Waals surface area contributed by atoms with E-state index in [1.54, 1.807) is 0 Å². The zero-order valence-electron chi connectivity index (χ0n) is 12.4. The third-order valence-electron chi connectivity index (χ3n) is 3.76. The van der Waals surface area contributed by atoms with Gasteiger partial charge in [0.15, 0.2) is 4.77 Å². The number of aromatic nitrogens is 2. The topological polar surface area (TPSA) is 20.7 Å². The number of aromatic amines is 1. The lowest BCUT2D eigenvalue weighted by molar-refractivity contribution is 0.416. The van der Waals surface area contributed by atoms with E-state index in [0.717, 1.165) is 4.77 Å². The molecule has 1 heterocycles. The minimum absolute atomic E-state index is 0.508. The molecule has 0 aliphatic rings. The maximum Gasteiger partial charge on any atom is 0.177 e. The third-order valence-corrected chi connectivity index (χ3v) is 4.07. The summed E-state index contributed by atoms with van der Waals surface area (Å²) in [5, 5.41) is 0. The molecule has 0 aliphatic carbocycles. The van der Waals surface area contributed by atoms with Crippen molar-refractivity contribution in [2.75, 3.05) is 0 Å². The monoisotopic (exact) mass is 288 g/mol. The molecule has 0 bridgehead atoms. The van der Waals surface area contributed by atoms with Crippen molar-refractivity contribution in [1.82, 2.24) is 9.55 Å². The number of H-pyrrole nitrogens is 1. The molecule has 0 saturated carbocycles. The van der Waals surface area contributed by atoms with Crippen molar-refractivity contribution >= 4 is 12.2 Å². The molecule has 3 heteroatoms. The molecule has 0 amide bonds. The van der Waals surface area contributed by atoms with Crippen LogP contribution in [0.15, 0.2) is 36.5 Å². The lowest BCUT2D eigenvalue weighted by atomic mass is 10.0. The van der Waals surface area contributed by atoms with Gasteiger partial charge in [-0.25, -0.2) is 0 Å². The molecule has 0 radical (unpaired) electrons. The van der Waals surface area contributed by atoms with Gasteiger partial charge < -0.3 is 9.55 Å². The number of nitrogens with zero attached hydrogens (tertiary/aromatic N) is 1. The van der Waals surface area contributed by atoms with Crippen LogP contribution in [0.2, 0.25) is 0 Å². The van der Waals surface area contributed by atoms with Crippen molar-refractivity contribution in [3.05, 3.63) is 41.3 Å². The highest BCUT2D eigenvalue weighted by atomic mass is 32.1. The van der Waals surface area contributed by atoms with E-state index in [0.29, 0.717) is 6.04 Å². The molecule has 2 rings (SSSR count). The summed E-state index contributed by atoms with van der Waals surface area (Å²) in [4.78, 5) is 3.23. The third kappa shape index (κ3) is 3.40. The molecule has 0 fully saturated rings. The average Bonchev–Trinajstić information content (AvgIpc) is 2.86. The normalized spacial score (nSPS) is 12.5. The summed E-state index contributed by atoms with van der Waals surface area (Å²) >= 11 is 5.52. The van der Waals surface area contributed by atoms with Gasteiger partial charge in [-0.2, -0.15) is 0 Å². The molecule has 1 N–H and O–H groups in total. The molecular formula is C17H24N2S. The van der Waals surface area contributed by atoms with Gasteiger partial charge in [0.1, 0.15) is 0 Å². The molecule has 2 aromatic rings. The van der Waals surface area contributed by atoms with E-state index in [1.165, 1.54) is 43.4 Å². The van der Waals surface area contributed by atoms with Crippen molar-refractivity contribution in [1.29, 1.82) is 0 Å². The summed E-state index contributed by atoms with van der Waals surface area (Å²) in [5.74, 6) is 0. The van der Waals surface area contributed by atoms with Crippen molar-refractivity contribution in [2.45, 2.75) is 52.0 Å². The van der Waals surface area contributed by atoms with Crippen LogP contribution in [0.4, 0.5) is 0 Å². The van der Waals surface area contributed by atoms with Gasteiger partial charge in [0.2, 0.25) is 0 Å². The van der Waals surface area contributed by atoms with Crippen LogP contribution in [0.1, 0.15) is 52.0 Å². The first-order chi connectivity index (χ1) is 9.77. The van der Waals surface area contributed by atoms with E-state index in [2.05, 4.69) is 53.7 Å². The molecule has 1 aromatic heterocycles. The van der Waals surface area contributed by atoms with Crippen molar-refractivity contribution < 1.29 is 0 Å². The predicted molar refractivity (Wildman–Crippen MR) is 88.5 cm³/mol. The Hall–Kier alpha value is -1.35. The van der Waals surface area contributed by atoms with E-state index in [-0.39, 0.29) is 0 Å². The van der Waals surface area contributed by atoms with Gasteiger partial charge in [-0.15, -0.1) is 0 Å². The molecule has 1 aromatic carbocycles. The second-order valence-corrected chi connectivity index (χ2v) is 5.69. The number of benzene rings is 1. The molecule has 0 spiro atoms.